The molecule has 2 fully saturated rings. The lowest BCUT2D eigenvalue weighted by Crippen LogP contribution is -2.19. The summed E-state index contributed by atoms with van der Waals surface area (Å²) in [6.45, 7) is 1.84. The summed E-state index contributed by atoms with van der Waals surface area (Å²) in [5.74, 6) is 1.50. The van der Waals surface area contributed by atoms with Crippen molar-refractivity contribution in [1.29, 1.82) is 0 Å². The number of aromatic nitrogens is 1. The molecule has 1 N–H and O–H groups in total. The van der Waals surface area contributed by atoms with E-state index >= 15 is 0 Å². The highest BCUT2D eigenvalue weighted by Gasteiger charge is 2.18. The zero-order chi connectivity index (χ0) is 24.7. The number of hydrogen-bond donors (Lipinski definition) is 1. The molecule has 3 aromatic rings. The van der Waals surface area contributed by atoms with E-state index in [-0.39, 0.29) is 30.5 Å². The smallest absolute Gasteiger partial charge is 0.185 e. The predicted molar refractivity (Wildman–Crippen MR) is 138 cm³/mol. The Hall–Kier alpha value is -3.51. The van der Waals surface area contributed by atoms with Crippen molar-refractivity contribution in [2.45, 2.75) is 57.2 Å². The topological polar surface area (TPSA) is 77.5 Å². The summed E-state index contributed by atoms with van der Waals surface area (Å²) in [7, 11) is 0. The Balaban J connectivity index is 1.16. The number of pyridine rings is 1. The maximum atomic E-state index is 12.9. The van der Waals surface area contributed by atoms with Crippen molar-refractivity contribution < 1.29 is 19.1 Å². The Labute approximate surface area is 212 Å². The monoisotopic (exact) mass is 484 g/mol. The number of hydrogen-bond acceptors (Lipinski definition) is 6. The van der Waals surface area contributed by atoms with E-state index in [1.54, 1.807) is 12.1 Å². The van der Waals surface area contributed by atoms with Crippen LogP contribution >= 0.6 is 0 Å². The van der Waals surface area contributed by atoms with Crippen molar-refractivity contribution in [1.82, 2.24) is 10.3 Å². The molecular formula is C30H32N2O4. The molecule has 0 bridgehead atoms. The van der Waals surface area contributed by atoms with Gasteiger partial charge in [0.15, 0.2) is 11.6 Å². The van der Waals surface area contributed by atoms with Gasteiger partial charge in [-0.25, -0.2) is 0 Å². The fraction of sp³-hybridized carbons (Fsp3) is 0.367. The van der Waals surface area contributed by atoms with Crippen molar-refractivity contribution in [3.05, 3.63) is 89.2 Å². The number of ketones is 2. The van der Waals surface area contributed by atoms with Gasteiger partial charge in [-0.05, 0) is 86.2 Å². The maximum Gasteiger partial charge on any atom is 0.185 e. The van der Waals surface area contributed by atoms with Gasteiger partial charge in [-0.2, -0.15) is 0 Å². The van der Waals surface area contributed by atoms with E-state index < -0.39 is 0 Å². The molecule has 0 amide bonds. The molecule has 1 atom stereocenters. The lowest BCUT2D eigenvalue weighted by atomic mass is 10.0. The van der Waals surface area contributed by atoms with Crippen molar-refractivity contribution in [3.8, 4) is 11.5 Å². The van der Waals surface area contributed by atoms with Crippen LogP contribution in [0.1, 0.15) is 64.1 Å². The largest absolute Gasteiger partial charge is 0.490 e. The summed E-state index contributed by atoms with van der Waals surface area (Å²) in [5, 5.41) is 3.28. The second kappa shape index (κ2) is 11.5. The zero-order valence-corrected chi connectivity index (χ0v) is 20.4. The SMILES string of the molecule is O=C(Cc1ccc(OC2CCCC2)cc1)c1ccnc(C(=O)Cc2ccc(O[C@@H]3CCNC3)cc2)c1. The van der Waals surface area contributed by atoms with Crippen molar-refractivity contribution >= 4 is 11.6 Å². The summed E-state index contributed by atoms with van der Waals surface area (Å²) < 4.78 is 11.9. The number of nitrogens with one attached hydrogen (secondary N) is 1. The Kier molecular flexibility index (Phi) is 7.72. The van der Waals surface area contributed by atoms with Gasteiger partial charge in [0, 0.05) is 31.1 Å². The van der Waals surface area contributed by atoms with Gasteiger partial charge in [-0.3, -0.25) is 14.6 Å². The maximum absolute atomic E-state index is 12.9. The Bertz CT molecular complexity index is 1090. The highest BCUT2D eigenvalue weighted by molar-refractivity contribution is 6.01. The van der Waals surface area contributed by atoms with Gasteiger partial charge in [0.2, 0.25) is 0 Å². The first-order valence-corrected chi connectivity index (χ1v) is 12.9. The summed E-state index contributed by atoms with van der Waals surface area (Å²) in [4.78, 5) is 30.0. The van der Waals surface area contributed by atoms with E-state index in [2.05, 4.69) is 10.3 Å². The summed E-state index contributed by atoms with van der Waals surface area (Å²) in [5.41, 5.74) is 2.60. The molecule has 1 aromatic heterocycles. The number of nitrogens with zero attached hydrogens (tertiary/aromatic N) is 1. The van der Waals surface area contributed by atoms with Gasteiger partial charge in [-0.1, -0.05) is 24.3 Å². The lowest BCUT2D eigenvalue weighted by Gasteiger charge is -2.13. The molecule has 2 aromatic carbocycles. The first-order valence-electron chi connectivity index (χ1n) is 12.9. The van der Waals surface area contributed by atoms with Gasteiger partial charge in [0.25, 0.3) is 0 Å². The van der Waals surface area contributed by atoms with Crippen LogP contribution in [0.25, 0.3) is 0 Å². The molecule has 6 heteroatoms. The minimum absolute atomic E-state index is 0.0428. The van der Waals surface area contributed by atoms with Gasteiger partial charge in [-0.15, -0.1) is 0 Å². The highest BCUT2D eigenvalue weighted by Crippen LogP contribution is 2.24. The first-order chi connectivity index (χ1) is 17.6. The molecule has 6 nitrogen and oxygen atoms in total. The molecule has 1 saturated carbocycles. The van der Waals surface area contributed by atoms with Crippen LogP contribution in [-0.2, 0) is 12.8 Å². The van der Waals surface area contributed by atoms with Gasteiger partial charge >= 0.3 is 0 Å². The molecule has 36 heavy (non-hydrogen) atoms. The second-order valence-electron chi connectivity index (χ2n) is 9.67. The van der Waals surface area contributed by atoms with Gasteiger partial charge in [0.1, 0.15) is 23.3 Å². The molecule has 0 unspecified atom stereocenters. The first kappa shape index (κ1) is 24.2. The normalized spacial score (nSPS) is 17.7. The second-order valence-corrected chi connectivity index (χ2v) is 9.67. The molecule has 2 aliphatic rings. The Morgan fingerprint density at radius 1 is 0.778 bits per heavy atom. The van der Waals surface area contributed by atoms with E-state index in [1.807, 2.05) is 48.5 Å². The molecule has 0 radical (unpaired) electrons. The van der Waals surface area contributed by atoms with E-state index in [9.17, 15) is 9.59 Å². The van der Waals surface area contributed by atoms with Gasteiger partial charge in [0.05, 0.1) is 6.10 Å². The summed E-state index contributed by atoms with van der Waals surface area (Å²) in [6, 6.07) is 18.6. The van der Waals surface area contributed by atoms with Crippen LogP contribution in [0.3, 0.4) is 0 Å². The number of ether oxygens (including phenoxy) is 2. The third kappa shape index (κ3) is 6.38. The van der Waals surface area contributed by atoms with Crippen LogP contribution in [0.5, 0.6) is 11.5 Å². The fourth-order valence-corrected chi connectivity index (χ4v) is 4.81. The van der Waals surface area contributed by atoms with Crippen molar-refractivity contribution in [2.24, 2.45) is 0 Å². The summed E-state index contributed by atoms with van der Waals surface area (Å²) in [6.07, 6.45) is 8.21. The average molecular weight is 485 g/mol. The standard InChI is InChI=1S/C30H32N2O4/c33-29(17-21-5-9-25(10-6-21)35-24-3-1-2-4-24)23-13-16-32-28(19-23)30(34)18-22-7-11-26(12-8-22)36-27-14-15-31-20-27/h5-13,16,19,24,27,31H,1-4,14-15,17-18,20H2/t27-/m1/s1. The van der Waals surface area contributed by atoms with E-state index in [1.165, 1.54) is 19.0 Å². The Morgan fingerprint density at radius 3 is 2.00 bits per heavy atom. The number of carbonyl (C=O) groups is 2. The fourth-order valence-electron chi connectivity index (χ4n) is 4.81. The average Bonchev–Trinajstić information content (AvgIpc) is 3.61. The zero-order valence-electron chi connectivity index (χ0n) is 20.4. The number of rotatable bonds is 10. The molecule has 1 aliphatic heterocycles. The molecule has 186 valence electrons. The number of carbonyl (C=O) groups excluding carboxylic acids is 2. The minimum Gasteiger partial charge on any atom is -0.490 e. The van der Waals surface area contributed by atoms with Gasteiger partial charge < -0.3 is 14.8 Å². The van der Waals surface area contributed by atoms with E-state index in [4.69, 9.17) is 9.47 Å². The molecule has 1 aliphatic carbocycles. The third-order valence-corrected chi connectivity index (χ3v) is 6.87. The van der Waals surface area contributed by atoms with Crippen LogP contribution in [0.15, 0.2) is 66.9 Å². The molecule has 0 spiro atoms. The molecule has 5 rings (SSSR count). The van der Waals surface area contributed by atoms with Crippen LogP contribution in [0.4, 0.5) is 0 Å². The van der Waals surface area contributed by atoms with Crippen LogP contribution in [0.2, 0.25) is 0 Å². The molecule has 1 saturated heterocycles. The van der Waals surface area contributed by atoms with Crippen LogP contribution < -0.4 is 14.8 Å². The van der Waals surface area contributed by atoms with E-state index in [0.717, 1.165) is 55.0 Å². The van der Waals surface area contributed by atoms with Crippen molar-refractivity contribution in [2.75, 3.05) is 13.1 Å². The molecular weight excluding hydrogens is 452 g/mol. The van der Waals surface area contributed by atoms with E-state index in [0.29, 0.717) is 17.4 Å². The third-order valence-electron chi connectivity index (χ3n) is 6.87. The predicted octanol–water partition coefficient (Wildman–Crippen LogP) is 4.99. The lowest BCUT2D eigenvalue weighted by molar-refractivity contribution is 0.0988. The highest BCUT2D eigenvalue weighted by atomic mass is 16.5. The molecule has 2 heterocycles. The summed E-state index contributed by atoms with van der Waals surface area (Å²) >= 11 is 0. The Morgan fingerprint density at radius 2 is 1.39 bits per heavy atom. The minimum atomic E-state index is -0.119. The van der Waals surface area contributed by atoms with Crippen molar-refractivity contribution in [3.63, 3.8) is 0 Å². The quantitative estimate of drug-likeness (QED) is 0.409. The van der Waals surface area contributed by atoms with Crippen LogP contribution in [0, 0.1) is 0 Å². The number of Topliss-reactive ketones (excluding diaryl/α,β-unsaturated/α-hetero) is 2. The van der Waals surface area contributed by atoms with Crippen LogP contribution in [-0.4, -0.2) is 41.8 Å². The number of benzene rings is 2.